The summed E-state index contributed by atoms with van der Waals surface area (Å²) in [6.07, 6.45) is 1.78. The molecule has 0 unspecified atom stereocenters. The van der Waals surface area contributed by atoms with Gasteiger partial charge in [0.2, 0.25) is 5.88 Å². The average Bonchev–Trinajstić information content (AvgIpc) is 2.49. The van der Waals surface area contributed by atoms with Crippen LogP contribution in [0.2, 0.25) is 0 Å². The van der Waals surface area contributed by atoms with Gasteiger partial charge in [-0.25, -0.2) is 9.37 Å². The smallest absolute Gasteiger partial charge is 0.221 e. The van der Waals surface area contributed by atoms with Crippen molar-refractivity contribution in [2.75, 3.05) is 6.61 Å². The van der Waals surface area contributed by atoms with E-state index in [0.717, 1.165) is 21.9 Å². The van der Waals surface area contributed by atoms with E-state index < -0.39 is 0 Å². The zero-order chi connectivity index (χ0) is 13.9. The lowest BCUT2D eigenvalue weighted by molar-refractivity contribution is 0.331. The fraction of sp³-hybridized carbons (Fsp3) is 0.118. The zero-order valence-corrected chi connectivity index (χ0v) is 11.1. The summed E-state index contributed by atoms with van der Waals surface area (Å²) in [5.41, 5.74) is 1.92. The van der Waals surface area contributed by atoms with Gasteiger partial charge in [0.25, 0.3) is 0 Å². The molecule has 3 heteroatoms. The lowest BCUT2D eigenvalue weighted by Crippen LogP contribution is -1.96. The van der Waals surface area contributed by atoms with Gasteiger partial charge in [0.1, 0.15) is 5.82 Å². The van der Waals surface area contributed by atoms with Crippen molar-refractivity contribution in [1.82, 2.24) is 4.98 Å². The van der Waals surface area contributed by atoms with Crippen LogP contribution in [-0.2, 0) is 0 Å². The molecule has 2 aromatic carbocycles. The highest BCUT2D eigenvalue weighted by molar-refractivity contribution is 5.98. The van der Waals surface area contributed by atoms with E-state index in [1.165, 1.54) is 12.1 Å². The summed E-state index contributed by atoms with van der Waals surface area (Å²) in [4.78, 5) is 4.38. The molecule has 0 N–H and O–H groups in total. The number of pyridine rings is 1. The van der Waals surface area contributed by atoms with E-state index in [4.69, 9.17) is 4.74 Å². The summed E-state index contributed by atoms with van der Waals surface area (Å²) in [7, 11) is 0. The largest absolute Gasteiger partial charge is 0.478 e. The summed E-state index contributed by atoms with van der Waals surface area (Å²) in [5.74, 6) is 0.394. The van der Waals surface area contributed by atoms with E-state index in [9.17, 15) is 4.39 Å². The van der Waals surface area contributed by atoms with Crippen LogP contribution in [0.3, 0.4) is 0 Å². The lowest BCUT2D eigenvalue weighted by Gasteiger charge is -2.10. The van der Waals surface area contributed by atoms with Gasteiger partial charge < -0.3 is 4.74 Å². The van der Waals surface area contributed by atoms with Crippen molar-refractivity contribution >= 4 is 10.8 Å². The van der Waals surface area contributed by atoms with Gasteiger partial charge in [-0.3, -0.25) is 0 Å². The number of fused-ring (bicyclic) bond motifs is 1. The molecule has 3 rings (SSSR count). The predicted octanol–water partition coefficient (Wildman–Crippen LogP) is 4.44. The van der Waals surface area contributed by atoms with E-state index in [-0.39, 0.29) is 5.82 Å². The van der Waals surface area contributed by atoms with Gasteiger partial charge >= 0.3 is 0 Å². The maximum absolute atomic E-state index is 13.0. The third-order valence-electron chi connectivity index (χ3n) is 3.19. The third kappa shape index (κ3) is 2.23. The lowest BCUT2D eigenvalue weighted by atomic mass is 10.0. The van der Waals surface area contributed by atoms with Crippen LogP contribution in [0.25, 0.3) is 21.9 Å². The molecule has 0 saturated heterocycles. The number of ether oxygens (including phenoxy) is 1. The summed E-state index contributed by atoms with van der Waals surface area (Å²) in [6, 6.07) is 14.4. The highest BCUT2D eigenvalue weighted by Crippen LogP contribution is 2.32. The summed E-state index contributed by atoms with van der Waals surface area (Å²) in [5, 5.41) is 2.02. The molecular weight excluding hydrogens is 253 g/mol. The number of nitrogens with zero attached hydrogens (tertiary/aromatic N) is 1. The minimum Gasteiger partial charge on any atom is -0.478 e. The van der Waals surface area contributed by atoms with E-state index >= 15 is 0 Å². The molecule has 0 amide bonds. The van der Waals surface area contributed by atoms with Gasteiger partial charge in [-0.1, -0.05) is 30.3 Å². The SMILES string of the molecule is CCOc1ncc(-c2ccc(F)cc2)c2ccccc12. The Morgan fingerprint density at radius 2 is 1.70 bits per heavy atom. The highest BCUT2D eigenvalue weighted by Gasteiger charge is 2.09. The quantitative estimate of drug-likeness (QED) is 0.700. The molecule has 0 fully saturated rings. The molecule has 0 radical (unpaired) electrons. The first-order valence-electron chi connectivity index (χ1n) is 6.56. The van der Waals surface area contributed by atoms with Gasteiger partial charge in [-0.15, -0.1) is 0 Å². The Bertz CT molecular complexity index is 738. The Hall–Kier alpha value is -2.42. The molecule has 2 nitrogen and oxygen atoms in total. The highest BCUT2D eigenvalue weighted by atomic mass is 19.1. The van der Waals surface area contributed by atoms with Crippen LogP contribution in [0.5, 0.6) is 5.88 Å². The van der Waals surface area contributed by atoms with Crippen LogP contribution in [0.4, 0.5) is 4.39 Å². The van der Waals surface area contributed by atoms with Crippen LogP contribution in [-0.4, -0.2) is 11.6 Å². The number of hydrogen-bond acceptors (Lipinski definition) is 2. The Morgan fingerprint density at radius 1 is 1.00 bits per heavy atom. The maximum atomic E-state index is 13.0. The number of benzene rings is 2. The molecule has 3 aromatic rings. The first-order valence-corrected chi connectivity index (χ1v) is 6.56. The molecule has 0 aliphatic carbocycles. The second-order valence-electron chi connectivity index (χ2n) is 4.46. The van der Waals surface area contributed by atoms with E-state index in [1.54, 1.807) is 18.3 Å². The second kappa shape index (κ2) is 5.29. The molecule has 100 valence electrons. The standard InChI is InChI=1S/C17H14FNO/c1-2-20-17-15-6-4-3-5-14(15)16(11-19-17)12-7-9-13(18)10-8-12/h3-11H,2H2,1H3. The fourth-order valence-electron chi connectivity index (χ4n) is 2.28. The van der Waals surface area contributed by atoms with Crippen molar-refractivity contribution in [3.05, 3.63) is 60.5 Å². The Balaban J connectivity index is 2.22. The topological polar surface area (TPSA) is 22.1 Å². The van der Waals surface area contributed by atoms with Gasteiger partial charge in [0.15, 0.2) is 0 Å². The first-order chi connectivity index (χ1) is 9.79. The molecular formula is C17H14FNO. The maximum Gasteiger partial charge on any atom is 0.221 e. The molecule has 0 bridgehead atoms. The molecule has 0 atom stereocenters. The number of rotatable bonds is 3. The van der Waals surface area contributed by atoms with Crippen molar-refractivity contribution in [2.24, 2.45) is 0 Å². The summed E-state index contributed by atoms with van der Waals surface area (Å²) < 4.78 is 18.6. The fourth-order valence-corrected chi connectivity index (χ4v) is 2.28. The van der Waals surface area contributed by atoms with E-state index in [1.807, 2.05) is 31.2 Å². The summed E-state index contributed by atoms with van der Waals surface area (Å²) in [6.45, 7) is 2.51. The van der Waals surface area contributed by atoms with E-state index in [0.29, 0.717) is 12.5 Å². The Kier molecular flexibility index (Phi) is 3.33. The minimum absolute atomic E-state index is 0.239. The molecule has 0 saturated carbocycles. The molecule has 20 heavy (non-hydrogen) atoms. The Labute approximate surface area is 116 Å². The molecule has 1 heterocycles. The van der Waals surface area contributed by atoms with Gasteiger partial charge in [-0.05, 0) is 36.1 Å². The van der Waals surface area contributed by atoms with Crippen molar-refractivity contribution in [3.8, 4) is 17.0 Å². The molecule has 0 spiro atoms. The average molecular weight is 267 g/mol. The van der Waals surface area contributed by atoms with Crippen molar-refractivity contribution < 1.29 is 9.13 Å². The Morgan fingerprint density at radius 3 is 2.40 bits per heavy atom. The van der Waals surface area contributed by atoms with Crippen LogP contribution in [0.1, 0.15) is 6.92 Å². The van der Waals surface area contributed by atoms with Gasteiger partial charge in [-0.2, -0.15) is 0 Å². The zero-order valence-electron chi connectivity index (χ0n) is 11.1. The monoisotopic (exact) mass is 267 g/mol. The van der Waals surface area contributed by atoms with Crippen molar-refractivity contribution in [2.45, 2.75) is 6.92 Å². The third-order valence-corrected chi connectivity index (χ3v) is 3.19. The van der Waals surface area contributed by atoms with Crippen molar-refractivity contribution in [3.63, 3.8) is 0 Å². The van der Waals surface area contributed by atoms with Crippen molar-refractivity contribution in [1.29, 1.82) is 0 Å². The van der Waals surface area contributed by atoms with E-state index in [2.05, 4.69) is 4.98 Å². The second-order valence-corrected chi connectivity index (χ2v) is 4.46. The molecule has 1 aromatic heterocycles. The van der Waals surface area contributed by atoms with Crippen LogP contribution < -0.4 is 4.74 Å². The molecule has 0 aliphatic rings. The number of hydrogen-bond donors (Lipinski definition) is 0. The number of aromatic nitrogens is 1. The normalized spacial score (nSPS) is 10.7. The van der Waals surface area contributed by atoms with Gasteiger partial charge in [0, 0.05) is 17.1 Å². The molecule has 0 aliphatic heterocycles. The predicted molar refractivity (Wildman–Crippen MR) is 78.3 cm³/mol. The van der Waals surface area contributed by atoms with Crippen LogP contribution >= 0.6 is 0 Å². The summed E-state index contributed by atoms with van der Waals surface area (Å²) >= 11 is 0. The minimum atomic E-state index is -0.239. The van der Waals surface area contributed by atoms with Crippen LogP contribution in [0, 0.1) is 5.82 Å². The number of halogens is 1. The first kappa shape index (κ1) is 12.6. The van der Waals surface area contributed by atoms with Crippen LogP contribution in [0.15, 0.2) is 54.7 Å². The van der Waals surface area contributed by atoms with Gasteiger partial charge in [0.05, 0.1) is 6.61 Å².